The van der Waals surface area contributed by atoms with Crippen molar-refractivity contribution < 1.29 is 0 Å². The van der Waals surface area contributed by atoms with Gasteiger partial charge in [0.05, 0.1) is 5.41 Å². The first-order chi connectivity index (χ1) is 27.5. The van der Waals surface area contributed by atoms with Crippen molar-refractivity contribution in [2.24, 2.45) is 0 Å². The molecule has 56 heavy (non-hydrogen) atoms. The molecule has 0 amide bonds. The van der Waals surface area contributed by atoms with Crippen LogP contribution in [0.25, 0.3) is 78.1 Å². The van der Waals surface area contributed by atoms with Gasteiger partial charge in [0, 0.05) is 29.1 Å². The largest absolute Gasteiger partial charge is 0.264 e. The minimum Gasteiger partial charge on any atom is -0.264 e. The van der Waals surface area contributed by atoms with E-state index in [4.69, 9.17) is 15.0 Å². The Morgan fingerprint density at radius 3 is 1.88 bits per heavy atom. The number of rotatable bonds is 4. The average molecular weight is 717 g/mol. The Bertz CT molecular complexity index is 3080. The third-order valence-electron chi connectivity index (χ3n) is 12.1. The molecule has 11 rings (SSSR count). The third kappa shape index (κ3) is 4.66. The number of hydrogen-bond donors (Lipinski definition) is 0. The van der Waals surface area contributed by atoms with Gasteiger partial charge in [-0.25, -0.2) is 15.0 Å². The summed E-state index contributed by atoms with van der Waals surface area (Å²) in [5, 5.41) is 2.29. The van der Waals surface area contributed by atoms with Crippen LogP contribution >= 0.6 is 0 Å². The number of pyridine rings is 1. The SMILES string of the molecule is Cc1nc(-c2ccc3c(c2)-c2ccccc2C32c3ccccc3-c3ccc(-c4cccc(-c5cncc(C)c5C)c4)cc32)nc(-c2cccc3ccccc23)n1. The van der Waals surface area contributed by atoms with Crippen molar-refractivity contribution >= 4 is 10.8 Å². The molecule has 9 aromatic rings. The summed E-state index contributed by atoms with van der Waals surface area (Å²) in [6, 6.07) is 55.4. The maximum absolute atomic E-state index is 5.12. The molecule has 0 N–H and O–H groups in total. The van der Waals surface area contributed by atoms with Gasteiger partial charge in [-0.3, -0.25) is 4.98 Å². The summed E-state index contributed by atoms with van der Waals surface area (Å²) in [5.74, 6) is 2.06. The van der Waals surface area contributed by atoms with E-state index in [2.05, 4.69) is 170 Å². The fourth-order valence-corrected chi connectivity index (χ4v) is 9.40. The Labute approximate surface area is 326 Å². The van der Waals surface area contributed by atoms with E-state index in [1.165, 1.54) is 77.9 Å². The molecule has 1 unspecified atom stereocenters. The highest BCUT2D eigenvalue weighted by Crippen LogP contribution is 2.63. The molecule has 0 saturated carbocycles. The number of benzene rings is 7. The average Bonchev–Trinajstić information content (AvgIpc) is 3.71. The molecule has 0 saturated heterocycles. The predicted octanol–water partition coefficient (Wildman–Crippen LogP) is 12.4. The molecule has 0 bridgehead atoms. The van der Waals surface area contributed by atoms with Crippen LogP contribution in [0.3, 0.4) is 0 Å². The summed E-state index contributed by atoms with van der Waals surface area (Å²) >= 11 is 0. The molecule has 0 aliphatic heterocycles. The van der Waals surface area contributed by atoms with Crippen LogP contribution in [0.1, 0.15) is 39.2 Å². The van der Waals surface area contributed by atoms with E-state index in [9.17, 15) is 0 Å². The van der Waals surface area contributed by atoms with Crippen LogP contribution < -0.4 is 0 Å². The smallest absolute Gasteiger partial charge is 0.164 e. The van der Waals surface area contributed by atoms with Crippen molar-refractivity contribution in [1.29, 1.82) is 0 Å². The monoisotopic (exact) mass is 716 g/mol. The first-order valence-corrected chi connectivity index (χ1v) is 19.2. The summed E-state index contributed by atoms with van der Waals surface area (Å²) in [6.45, 7) is 6.26. The molecule has 2 heterocycles. The second-order valence-electron chi connectivity index (χ2n) is 15.1. The highest BCUT2D eigenvalue weighted by atomic mass is 15.0. The molecule has 2 aliphatic carbocycles. The van der Waals surface area contributed by atoms with Crippen LogP contribution in [0.15, 0.2) is 164 Å². The van der Waals surface area contributed by atoms with Crippen molar-refractivity contribution in [3.63, 3.8) is 0 Å². The lowest BCUT2D eigenvalue weighted by Gasteiger charge is -2.30. The first kappa shape index (κ1) is 32.4. The van der Waals surface area contributed by atoms with Gasteiger partial charge in [-0.2, -0.15) is 0 Å². The van der Waals surface area contributed by atoms with Crippen molar-refractivity contribution in [3.8, 4) is 67.3 Å². The van der Waals surface area contributed by atoms with Gasteiger partial charge < -0.3 is 0 Å². The lowest BCUT2D eigenvalue weighted by molar-refractivity contribution is 0.794. The Kier molecular flexibility index (Phi) is 7.08. The molecular weight excluding hydrogens is 681 g/mol. The summed E-state index contributed by atoms with van der Waals surface area (Å²) in [6.07, 6.45) is 3.92. The van der Waals surface area contributed by atoms with Gasteiger partial charge in [-0.05, 0) is 122 Å². The van der Waals surface area contributed by atoms with Crippen molar-refractivity contribution in [3.05, 3.63) is 203 Å². The van der Waals surface area contributed by atoms with Crippen LogP contribution in [-0.4, -0.2) is 19.9 Å². The van der Waals surface area contributed by atoms with Gasteiger partial charge in [-0.15, -0.1) is 0 Å². The summed E-state index contributed by atoms with van der Waals surface area (Å²) in [7, 11) is 0. The van der Waals surface area contributed by atoms with E-state index >= 15 is 0 Å². The van der Waals surface area contributed by atoms with Gasteiger partial charge in [-0.1, -0.05) is 133 Å². The lowest BCUT2D eigenvalue weighted by atomic mass is 9.70. The Hall–Kier alpha value is -7.04. The highest BCUT2D eigenvalue weighted by Gasteiger charge is 2.51. The van der Waals surface area contributed by atoms with Crippen molar-refractivity contribution in [2.45, 2.75) is 26.2 Å². The Morgan fingerprint density at radius 2 is 1.02 bits per heavy atom. The zero-order chi connectivity index (χ0) is 37.5. The van der Waals surface area contributed by atoms with Gasteiger partial charge in [0.2, 0.25) is 0 Å². The molecule has 4 nitrogen and oxygen atoms in total. The molecule has 0 radical (unpaired) electrons. The fraction of sp³-hybridized carbons (Fsp3) is 0.0769. The zero-order valence-corrected chi connectivity index (χ0v) is 31.4. The number of aromatic nitrogens is 4. The predicted molar refractivity (Wildman–Crippen MR) is 227 cm³/mol. The van der Waals surface area contributed by atoms with Crippen LogP contribution in [0.4, 0.5) is 0 Å². The molecule has 0 fully saturated rings. The molecule has 2 aromatic heterocycles. The van der Waals surface area contributed by atoms with E-state index in [0.29, 0.717) is 17.5 Å². The molecule has 264 valence electrons. The van der Waals surface area contributed by atoms with E-state index in [0.717, 1.165) is 21.9 Å². The van der Waals surface area contributed by atoms with E-state index in [1.807, 2.05) is 19.3 Å². The maximum atomic E-state index is 5.12. The summed E-state index contributed by atoms with van der Waals surface area (Å²) in [4.78, 5) is 19.4. The van der Waals surface area contributed by atoms with Crippen LogP contribution in [0, 0.1) is 20.8 Å². The standard InChI is InChI=1S/C52H36N4/c1-31-29-53-30-45(32(31)2)37-15-10-14-35(26-37)36-22-24-42-40-17-6-8-20-46(40)52(49(42)28-36)47-21-9-7-18-41(47)44-27-38(23-25-48(44)52)50-54-33(3)55-51(56-50)43-19-11-13-34-12-4-5-16-39(34)43/h4-30H,1-3H3. The second kappa shape index (κ2) is 12.2. The van der Waals surface area contributed by atoms with Crippen LogP contribution in [-0.2, 0) is 5.41 Å². The number of hydrogen-bond acceptors (Lipinski definition) is 4. The van der Waals surface area contributed by atoms with Gasteiger partial charge in [0.15, 0.2) is 11.6 Å². The maximum Gasteiger partial charge on any atom is 0.164 e. The molecule has 7 aromatic carbocycles. The van der Waals surface area contributed by atoms with Gasteiger partial charge in [0.25, 0.3) is 0 Å². The van der Waals surface area contributed by atoms with E-state index in [1.54, 1.807) is 0 Å². The quantitative estimate of drug-likeness (QED) is 0.182. The molecule has 2 aliphatic rings. The molecule has 1 atom stereocenters. The molecule has 4 heteroatoms. The van der Waals surface area contributed by atoms with E-state index < -0.39 is 5.41 Å². The summed E-state index contributed by atoms with van der Waals surface area (Å²) < 4.78 is 0. The normalized spacial score (nSPS) is 14.8. The highest BCUT2D eigenvalue weighted by molar-refractivity contribution is 5.98. The Morgan fingerprint density at radius 1 is 0.393 bits per heavy atom. The molecule has 1 spiro atoms. The van der Waals surface area contributed by atoms with Crippen LogP contribution in [0.2, 0.25) is 0 Å². The van der Waals surface area contributed by atoms with Gasteiger partial charge >= 0.3 is 0 Å². The number of fused-ring (bicyclic) bond motifs is 11. The minimum atomic E-state index is -0.482. The molecular formula is C52H36N4. The second-order valence-corrected chi connectivity index (χ2v) is 15.1. The Balaban J connectivity index is 1.10. The summed E-state index contributed by atoms with van der Waals surface area (Å²) in [5.41, 5.74) is 18.9. The van der Waals surface area contributed by atoms with E-state index in [-0.39, 0.29) is 0 Å². The number of nitrogens with zero attached hydrogens (tertiary/aromatic N) is 4. The fourth-order valence-electron chi connectivity index (χ4n) is 9.40. The third-order valence-corrected chi connectivity index (χ3v) is 12.1. The first-order valence-electron chi connectivity index (χ1n) is 19.2. The van der Waals surface area contributed by atoms with Crippen molar-refractivity contribution in [2.75, 3.05) is 0 Å². The lowest BCUT2D eigenvalue weighted by Crippen LogP contribution is -2.25. The van der Waals surface area contributed by atoms with Gasteiger partial charge in [0.1, 0.15) is 5.82 Å². The topological polar surface area (TPSA) is 51.6 Å². The number of aryl methyl sites for hydroxylation is 2. The minimum absolute atomic E-state index is 0.482. The van der Waals surface area contributed by atoms with Crippen molar-refractivity contribution in [1.82, 2.24) is 19.9 Å². The van der Waals surface area contributed by atoms with Crippen LogP contribution in [0.5, 0.6) is 0 Å². The zero-order valence-electron chi connectivity index (χ0n) is 31.4.